The third-order valence-corrected chi connectivity index (χ3v) is 4.85. The Kier molecular flexibility index (Phi) is 7.22. The van der Waals surface area contributed by atoms with Gasteiger partial charge in [-0.3, -0.25) is 9.00 Å². The topological polar surface area (TPSA) is 81.4 Å². The Labute approximate surface area is 128 Å². The van der Waals surface area contributed by atoms with Crippen molar-refractivity contribution in [3.05, 3.63) is 18.2 Å². The molecule has 1 aromatic carbocycles. The minimum absolute atomic E-state index is 0.216. The van der Waals surface area contributed by atoms with E-state index in [0.717, 1.165) is 19.3 Å². The van der Waals surface area contributed by atoms with Crippen LogP contribution in [-0.2, 0) is 15.6 Å². The summed E-state index contributed by atoms with van der Waals surface area (Å²) in [5.41, 5.74) is 6.24. The monoisotopic (exact) mass is 312 g/mol. The van der Waals surface area contributed by atoms with Crippen LogP contribution >= 0.6 is 0 Å². The average molecular weight is 312 g/mol. The average Bonchev–Trinajstić information content (AvgIpc) is 2.50. The van der Waals surface area contributed by atoms with Crippen molar-refractivity contribution in [3.8, 4) is 5.75 Å². The smallest absolute Gasteiger partial charge is 0.235 e. The molecule has 0 aliphatic carbocycles. The highest BCUT2D eigenvalue weighted by atomic mass is 32.2. The fourth-order valence-corrected chi connectivity index (χ4v) is 3.03. The number of nitrogen functional groups attached to an aromatic ring is 1. The minimum Gasteiger partial charge on any atom is -0.497 e. The number of unbranched alkanes of at least 4 members (excludes halogenated alkanes) is 2. The molecule has 0 aliphatic rings. The van der Waals surface area contributed by atoms with E-state index in [-0.39, 0.29) is 5.91 Å². The van der Waals surface area contributed by atoms with Gasteiger partial charge in [-0.1, -0.05) is 19.8 Å². The lowest BCUT2D eigenvalue weighted by molar-refractivity contribution is -0.120. The summed E-state index contributed by atoms with van der Waals surface area (Å²) < 4.78 is 17.6. The normalized spacial score (nSPS) is 13.5. The fourth-order valence-electron chi connectivity index (χ4n) is 1.83. The van der Waals surface area contributed by atoms with Crippen LogP contribution in [0.4, 0.5) is 5.69 Å². The molecule has 3 N–H and O–H groups in total. The molecule has 0 spiro atoms. The number of carbonyl (C=O) groups excluding carboxylic acids is 1. The first kappa shape index (κ1) is 17.5. The first-order chi connectivity index (χ1) is 10.0. The molecule has 5 nitrogen and oxygen atoms in total. The van der Waals surface area contributed by atoms with Crippen LogP contribution in [-0.4, -0.2) is 29.0 Å². The van der Waals surface area contributed by atoms with Crippen LogP contribution in [0, 0.1) is 0 Å². The van der Waals surface area contributed by atoms with Gasteiger partial charge in [0, 0.05) is 12.2 Å². The molecule has 2 atom stereocenters. The molecule has 0 aromatic heterocycles. The van der Waals surface area contributed by atoms with E-state index in [9.17, 15) is 9.00 Å². The number of amides is 1. The highest BCUT2D eigenvalue weighted by Crippen LogP contribution is 2.24. The summed E-state index contributed by atoms with van der Waals surface area (Å²) in [5.74, 6) is 0.356. The molecule has 0 saturated carbocycles. The zero-order chi connectivity index (χ0) is 15.8. The summed E-state index contributed by atoms with van der Waals surface area (Å²) in [6.45, 7) is 4.36. The summed E-state index contributed by atoms with van der Waals surface area (Å²) in [7, 11) is 0.0239. The van der Waals surface area contributed by atoms with Crippen molar-refractivity contribution in [2.24, 2.45) is 0 Å². The lowest BCUT2D eigenvalue weighted by Crippen LogP contribution is -2.36. The number of carbonyl (C=O) groups is 1. The van der Waals surface area contributed by atoms with Crippen molar-refractivity contribution in [1.29, 1.82) is 0 Å². The molecular weight excluding hydrogens is 288 g/mol. The van der Waals surface area contributed by atoms with Crippen molar-refractivity contribution in [3.63, 3.8) is 0 Å². The first-order valence-electron chi connectivity index (χ1n) is 7.13. The molecule has 118 valence electrons. The van der Waals surface area contributed by atoms with Gasteiger partial charge in [-0.15, -0.1) is 0 Å². The number of nitrogens with two attached hydrogens (primary N) is 1. The fraction of sp³-hybridized carbons (Fsp3) is 0.533. The molecule has 1 aromatic rings. The van der Waals surface area contributed by atoms with E-state index in [1.165, 1.54) is 7.11 Å². The van der Waals surface area contributed by atoms with Gasteiger partial charge in [-0.2, -0.15) is 0 Å². The maximum atomic E-state index is 12.5. The van der Waals surface area contributed by atoms with Crippen LogP contribution in [0.25, 0.3) is 0 Å². The van der Waals surface area contributed by atoms with Gasteiger partial charge >= 0.3 is 0 Å². The Balaban J connectivity index is 2.71. The molecule has 1 rings (SSSR count). The van der Waals surface area contributed by atoms with E-state index in [2.05, 4.69) is 12.2 Å². The largest absolute Gasteiger partial charge is 0.497 e. The predicted molar refractivity (Wildman–Crippen MR) is 85.8 cm³/mol. The lowest BCUT2D eigenvalue weighted by atomic mass is 10.2. The number of hydrogen-bond acceptors (Lipinski definition) is 4. The molecule has 0 aliphatic heterocycles. The molecule has 6 heteroatoms. The van der Waals surface area contributed by atoms with Crippen molar-refractivity contribution < 1.29 is 13.7 Å². The maximum Gasteiger partial charge on any atom is 0.235 e. The van der Waals surface area contributed by atoms with E-state index in [4.69, 9.17) is 10.5 Å². The highest BCUT2D eigenvalue weighted by Gasteiger charge is 2.23. The molecule has 0 radical (unpaired) electrons. The van der Waals surface area contributed by atoms with Gasteiger partial charge in [0.15, 0.2) is 0 Å². The Morgan fingerprint density at radius 2 is 2.14 bits per heavy atom. The quantitative estimate of drug-likeness (QED) is 0.569. The van der Waals surface area contributed by atoms with Crippen molar-refractivity contribution in [2.75, 3.05) is 19.4 Å². The molecule has 2 unspecified atom stereocenters. The third kappa shape index (κ3) is 5.04. The molecule has 0 fully saturated rings. The van der Waals surface area contributed by atoms with Gasteiger partial charge in [-0.25, -0.2) is 0 Å². The van der Waals surface area contributed by atoms with Crippen LogP contribution < -0.4 is 15.8 Å². The summed E-state index contributed by atoms with van der Waals surface area (Å²) in [4.78, 5) is 12.4. The van der Waals surface area contributed by atoms with E-state index < -0.39 is 16.0 Å². The molecule has 1 amide bonds. The molecule has 0 saturated heterocycles. The van der Waals surface area contributed by atoms with E-state index >= 15 is 0 Å². The molecule has 0 heterocycles. The van der Waals surface area contributed by atoms with Gasteiger partial charge < -0.3 is 15.8 Å². The highest BCUT2D eigenvalue weighted by molar-refractivity contribution is 7.86. The van der Waals surface area contributed by atoms with Crippen LogP contribution in [0.3, 0.4) is 0 Å². The zero-order valence-corrected chi connectivity index (χ0v) is 13.7. The second kappa shape index (κ2) is 8.67. The Morgan fingerprint density at radius 3 is 2.76 bits per heavy atom. The summed E-state index contributed by atoms with van der Waals surface area (Å²) in [6, 6.07) is 4.95. The van der Waals surface area contributed by atoms with Crippen LogP contribution in [0.15, 0.2) is 23.1 Å². The number of benzene rings is 1. The Hall–Kier alpha value is -1.56. The minimum atomic E-state index is -1.51. The third-order valence-electron chi connectivity index (χ3n) is 3.21. The summed E-state index contributed by atoms with van der Waals surface area (Å²) in [6.07, 6.45) is 3.10. The van der Waals surface area contributed by atoms with E-state index in [0.29, 0.717) is 22.9 Å². The van der Waals surface area contributed by atoms with Gasteiger partial charge in [0.1, 0.15) is 11.0 Å². The summed E-state index contributed by atoms with van der Waals surface area (Å²) in [5, 5.41) is 2.16. The SMILES string of the molecule is CCCCCNC(=O)C(C)S(=O)c1cc(OC)ccc1N. The van der Waals surface area contributed by atoms with Gasteiger partial charge in [0.05, 0.1) is 22.8 Å². The van der Waals surface area contributed by atoms with Crippen LogP contribution in [0.2, 0.25) is 0 Å². The lowest BCUT2D eigenvalue weighted by Gasteiger charge is -2.14. The molecule has 0 bridgehead atoms. The standard InChI is InChI=1S/C15H24N2O3S/c1-4-5-6-9-17-15(18)11(2)21(19)14-10-12(20-3)7-8-13(14)16/h7-8,10-11H,4-6,9,16H2,1-3H3,(H,17,18). The number of rotatable bonds is 8. The molecule has 21 heavy (non-hydrogen) atoms. The zero-order valence-electron chi connectivity index (χ0n) is 12.8. The summed E-state index contributed by atoms with van der Waals surface area (Å²) >= 11 is 0. The second-order valence-corrected chi connectivity index (χ2v) is 6.58. The number of ether oxygens (including phenoxy) is 1. The van der Waals surface area contributed by atoms with Gasteiger partial charge in [0.25, 0.3) is 0 Å². The van der Waals surface area contributed by atoms with Crippen molar-refractivity contribution in [2.45, 2.75) is 43.3 Å². The number of hydrogen-bond donors (Lipinski definition) is 2. The number of methoxy groups -OCH3 is 1. The van der Waals surface area contributed by atoms with Gasteiger partial charge in [0.2, 0.25) is 5.91 Å². The van der Waals surface area contributed by atoms with Crippen molar-refractivity contribution >= 4 is 22.4 Å². The number of nitrogens with one attached hydrogen (secondary N) is 1. The van der Waals surface area contributed by atoms with Crippen molar-refractivity contribution in [1.82, 2.24) is 5.32 Å². The van der Waals surface area contributed by atoms with E-state index in [1.807, 2.05) is 0 Å². The van der Waals surface area contributed by atoms with Gasteiger partial charge in [-0.05, 0) is 31.5 Å². The Morgan fingerprint density at radius 1 is 1.43 bits per heavy atom. The van der Waals surface area contributed by atoms with Crippen LogP contribution in [0.1, 0.15) is 33.1 Å². The first-order valence-corrected chi connectivity index (χ1v) is 8.34. The second-order valence-electron chi connectivity index (χ2n) is 4.84. The van der Waals surface area contributed by atoms with Crippen LogP contribution in [0.5, 0.6) is 5.75 Å². The van der Waals surface area contributed by atoms with E-state index in [1.54, 1.807) is 25.1 Å². The molecular formula is C15H24N2O3S. The predicted octanol–water partition coefficient (Wildman–Crippen LogP) is 2.08. The number of anilines is 1. The Bertz CT molecular complexity index is 506. The maximum absolute atomic E-state index is 12.5.